The van der Waals surface area contributed by atoms with Gasteiger partial charge in [-0.05, 0) is 55.0 Å². The number of nitrogens with zero attached hydrogens (tertiary/aromatic N) is 2. The van der Waals surface area contributed by atoms with E-state index < -0.39 is 0 Å². The highest BCUT2D eigenvalue weighted by molar-refractivity contribution is 5.74. The third kappa shape index (κ3) is 4.10. The average molecular weight is 327 g/mol. The molecule has 2 aromatic rings. The van der Waals surface area contributed by atoms with Gasteiger partial charge in [0.2, 0.25) is 0 Å². The minimum atomic E-state index is -0.240. The van der Waals surface area contributed by atoms with E-state index in [0.717, 1.165) is 36.9 Å². The molecule has 0 saturated carbocycles. The number of urea groups is 1. The maximum atomic E-state index is 12.9. The second kappa shape index (κ2) is 7.90. The number of benzene rings is 1. The molecule has 1 N–H and O–H groups in total. The van der Waals surface area contributed by atoms with Gasteiger partial charge in [0.05, 0.1) is 6.04 Å². The summed E-state index contributed by atoms with van der Waals surface area (Å²) in [5.41, 5.74) is 2.10. The number of piperidine rings is 1. The maximum absolute atomic E-state index is 12.9. The molecule has 2 heterocycles. The largest absolute Gasteiger partial charge is 0.338 e. The van der Waals surface area contributed by atoms with Gasteiger partial charge in [-0.2, -0.15) is 0 Å². The third-order valence-electron chi connectivity index (χ3n) is 4.44. The molecule has 1 saturated heterocycles. The molecule has 5 heteroatoms. The lowest BCUT2D eigenvalue weighted by molar-refractivity contribution is 0.151. The highest BCUT2D eigenvalue weighted by Crippen LogP contribution is 2.30. The van der Waals surface area contributed by atoms with Crippen molar-refractivity contribution < 1.29 is 9.18 Å². The molecule has 3 rings (SSSR count). The summed E-state index contributed by atoms with van der Waals surface area (Å²) in [5, 5.41) is 2.99. The Hall–Kier alpha value is -2.43. The van der Waals surface area contributed by atoms with Crippen LogP contribution in [0.25, 0.3) is 0 Å². The molecular weight excluding hydrogens is 305 g/mol. The number of hydrogen-bond acceptors (Lipinski definition) is 2. The zero-order valence-electron chi connectivity index (χ0n) is 13.6. The van der Waals surface area contributed by atoms with Gasteiger partial charge in [-0.3, -0.25) is 4.98 Å². The molecule has 4 nitrogen and oxygen atoms in total. The minimum Gasteiger partial charge on any atom is -0.338 e. The standard InChI is InChI=1S/C19H22FN3O/c20-17-8-6-15(7-9-17)10-12-22-19(24)23-13-2-1-5-18(23)16-4-3-11-21-14-16/h3-4,6-9,11,14,18H,1-2,5,10,12-13H2,(H,22,24)/t18-/m1/s1. The molecule has 1 aromatic carbocycles. The SMILES string of the molecule is O=C(NCCc1ccc(F)cc1)N1CCCC[C@@H]1c1cccnc1. The highest BCUT2D eigenvalue weighted by atomic mass is 19.1. The van der Waals surface area contributed by atoms with E-state index in [-0.39, 0.29) is 17.9 Å². The van der Waals surface area contributed by atoms with Crippen molar-refractivity contribution in [3.05, 3.63) is 65.7 Å². The average Bonchev–Trinajstić information content (AvgIpc) is 2.64. The normalized spacial score (nSPS) is 17.5. The smallest absolute Gasteiger partial charge is 0.317 e. The molecule has 2 amide bonds. The van der Waals surface area contributed by atoms with Gasteiger partial charge in [-0.15, -0.1) is 0 Å². The van der Waals surface area contributed by atoms with Crippen molar-refractivity contribution in [1.82, 2.24) is 15.2 Å². The number of aromatic nitrogens is 1. The first-order valence-electron chi connectivity index (χ1n) is 8.43. The van der Waals surface area contributed by atoms with Crippen LogP contribution in [0, 0.1) is 5.82 Å². The van der Waals surface area contributed by atoms with E-state index in [1.54, 1.807) is 18.3 Å². The van der Waals surface area contributed by atoms with E-state index in [1.165, 1.54) is 12.1 Å². The van der Waals surface area contributed by atoms with Crippen LogP contribution in [-0.2, 0) is 6.42 Å². The Kier molecular flexibility index (Phi) is 5.41. The second-order valence-electron chi connectivity index (χ2n) is 6.10. The number of pyridine rings is 1. The fraction of sp³-hybridized carbons (Fsp3) is 0.368. The van der Waals surface area contributed by atoms with Crippen molar-refractivity contribution in [3.63, 3.8) is 0 Å². The van der Waals surface area contributed by atoms with E-state index in [4.69, 9.17) is 0 Å². The number of carbonyl (C=O) groups excluding carboxylic acids is 1. The summed E-state index contributed by atoms with van der Waals surface area (Å²) in [5.74, 6) is -0.240. The van der Waals surface area contributed by atoms with Crippen LogP contribution in [0.1, 0.15) is 36.4 Å². The number of likely N-dealkylation sites (tertiary alicyclic amines) is 1. The molecule has 0 spiro atoms. The van der Waals surface area contributed by atoms with Gasteiger partial charge < -0.3 is 10.2 Å². The topological polar surface area (TPSA) is 45.2 Å². The monoisotopic (exact) mass is 327 g/mol. The predicted molar refractivity (Wildman–Crippen MR) is 91.0 cm³/mol. The quantitative estimate of drug-likeness (QED) is 0.930. The van der Waals surface area contributed by atoms with Gasteiger partial charge in [-0.1, -0.05) is 18.2 Å². The van der Waals surface area contributed by atoms with Crippen LogP contribution in [0.2, 0.25) is 0 Å². The zero-order valence-corrected chi connectivity index (χ0v) is 13.6. The van der Waals surface area contributed by atoms with E-state index in [9.17, 15) is 9.18 Å². The molecule has 1 aromatic heterocycles. The van der Waals surface area contributed by atoms with Gasteiger partial charge in [0.25, 0.3) is 0 Å². The number of halogens is 1. The Morgan fingerprint density at radius 3 is 2.83 bits per heavy atom. The molecule has 1 fully saturated rings. The van der Waals surface area contributed by atoms with Crippen molar-refractivity contribution in [2.45, 2.75) is 31.7 Å². The molecule has 1 atom stereocenters. The van der Waals surface area contributed by atoms with Gasteiger partial charge in [0.1, 0.15) is 5.82 Å². The number of hydrogen-bond donors (Lipinski definition) is 1. The molecule has 1 aliphatic rings. The van der Waals surface area contributed by atoms with Gasteiger partial charge in [0, 0.05) is 25.5 Å². The third-order valence-corrected chi connectivity index (χ3v) is 4.44. The Bertz CT molecular complexity index is 660. The summed E-state index contributed by atoms with van der Waals surface area (Å²) >= 11 is 0. The molecular formula is C19H22FN3O. The van der Waals surface area contributed by atoms with Crippen LogP contribution >= 0.6 is 0 Å². The van der Waals surface area contributed by atoms with Crippen molar-refractivity contribution in [2.24, 2.45) is 0 Å². The maximum Gasteiger partial charge on any atom is 0.317 e. The van der Waals surface area contributed by atoms with Gasteiger partial charge in [-0.25, -0.2) is 9.18 Å². The van der Waals surface area contributed by atoms with Crippen LogP contribution in [-0.4, -0.2) is 29.0 Å². The summed E-state index contributed by atoms with van der Waals surface area (Å²) in [6.07, 6.45) is 7.41. The fourth-order valence-corrected chi connectivity index (χ4v) is 3.16. The van der Waals surface area contributed by atoms with E-state index >= 15 is 0 Å². The van der Waals surface area contributed by atoms with Crippen LogP contribution in [0.5, 0.6) is 0 Å². The first kappa shape index (κ1) is 16.4. The van der Waals surface area contributed by atoms with Crippen molar-refractivity contribution in [2.75, 3.05) is 13.1 Å². The summed E-state index contributed by atoms with van der Waals surface area (Å²) < 4.78 is 12.9. The molecule has 0 bridgehead atoms. The lowest BCUT2D eigenvalue weighted by Crippen LogP contribution is -2.45. The van der Waals surface area contributed by atoms with Crippen molar-refractivity contribution >= 4 is 6.03 Å². The molecule has 0 unspecified atom stereocenters. The number of nitrogens with one attached hydrogen (secondary N) is 1. The number of rotatable bonds is 4. The Morgan fingerprint density at radius 2 is 2.08 bits per heavy atom. The molecule has 24 heavy (non-hydrogen) atoms. The lowest BCUT2D eigenvalue weighted by Gasteiger charge is -2.35. The van der Waals surface area contributed by atoms with Crippen LogP contribution < -0.4 is 5.32 Å². The van der Waals surface area contributed by atoms with Gasteiger partial charge >= 0.3 is 6.03 Å². The first-order valence-corrected chi connectivity index (χ1v) is 8.43. The first-order chi connectivity index (χ1) is 11.7. The fourth-order valence-electron chi connectivity index (χ4n) is 3.16. The predicted octanol–water partition coefficient (Wildman–Crippen LogP) is 3.70. The summed E-state index contributed by atoms with van der Waals surface area (Å²) in [7, 11) is 0. The van der Waals surface area contributed by atoms with Crippen LogP contribution in [0.15, 0.2) is 48.8 Å². The lowest BCUT2D eigenvalue weighted by atomic mass is 9.97. The minimum absolute atomic E-state index is 0.0364. The molecule has 0 radical (unpaired) electrons. The van der Waals surface area contributed by atoms with Crippen molar-refractivity contribution in [1.29, 1.82) is 0 Å². The Labute approximate surface area is 141 Å². The summed E-state index contributed by atoms with van der Waals surface area (Å²) in [4.78, 5) is 18.6. The second-order valence-corrected chi connectivity index (χ2v) is 6.10. The molecule has 1 aliphatic heterocycles. The van der Waals surface area contributed by atoms with E-state index in [0.29, 0.717) is 13.0 Å². The van der Waals surface area contributed by atoms with Crippen LogP contribution in [0.4, 0.5) is 9.18 Å². The van der Waals surface area contributed by atoms with Crippen molar-refractivity contribution in [3.8, 4) is 0 Å². The zero-order chi connectivity index (χ0) is 16.8. The molecule has 126 valence electrons. The Morgan fingerprint density at radius 1 is 1.25 bits per heavy atom. The van der Waals surface area contributed by atoms with Crippen LogP contribution in [0.3, 0.4) is 0 Å². The summed E-state index contributed by atoms with van der Waals surface area (Å²) in [6.45, 7) is 1.31. The highest BCUT2D eigenvalue weighted by Gasteiger charge is 2.27. The summed E-state index contributed by atoms with van der Waals surface area (Å²) in [6, 6.07) is 10.4. The number of carbonyl (C=O) groups is 1. The van der Waals surface area contributed by atoms with E-state index in [1.807, 2.05) is 23.2 Å². The Balaban J connectivity index is 1.57. The molecule has 0 aliphatic carbocycles. The van der Waals surface area contributed by atoms with E-state index in [2.05, 4.69) is 10.3 Å². The van der Waals surface area contributed by atoms with Gasteiger partial charge in [0.15, 0.2) is 0 Å². The number of amides is 2.